The van der Waals surface area contributed by atoms with E-state index in [1.807, 2.05) is 11.8 Å². The average Bonchev–Trinajstić information content (AvgIpc) is 2.83. The zero-order valence-corrected chi connectivity index (χ0v) is 16.0. The minimum atomic E-state index is 1.03. The summed E-state index contributed by atoms with van der Waals surface area (Å²) < 4.78 is 2.39. The highest BCUT2D eigenvalue weighted by Gasteiger charge is 2.21. The van der Waals surface area contributed by atoms with E-state index in [9.17, 15) is 0 Å². The molecule has 0 N–H and O–H groups in total. The van der Waals surface area contributed by atoms with Crippen molar-refractivity contribution in [3.8, 4) is 0 Å². The number of aryl methyl sites for hydroxylation is 2. The van der Waals surface area contributed by atoms with Crippen molar-refractivity contribution in [2.24, 2.45) is 0 Å². The van der Waals surface area contributed by atoms with Gasteiger partial charge in [-0.1, -0.05) is 23.9 Å². The second-order valence-electron chi connectivity index (χ2n) is 6.64. The van der Waals surface area contributed by atoms with Crippen molar-refractivity contribution in [1.82, 2.24) is 4.90 Å². The lowest BCUT2D eigenvalue weighted by Gasteiger charge is -2.14. The number of nitrogens with zero attached hydrogens (tertiary/aromatic N) is 3. The number of hydrogen-bond acceptors (Lipinski definition) is 3. The van der Waals surface area contributed by atoms with Gasteiger partial charge in [0.15, 0.2) is 17.9 Å². The monoisotopic (exact) mass is 340 g/mol. The number of anilines is 1. The van der Waals surface area contributed by atoms with Gasteiger partial charge in [-0.25, -0.2) is 0 Å². The summed E-state index contributed by atoms with van der Waals surface area (Å²) in [4.78, 5) is 5.83. The number of hydrogen-bond donors (Lipinski definition) is 0. The molecule has 1 aliphatic heterocycles. The first-order valence-electron chi connectivity index (χ1n) is 8.34. The molecular formula is C20H26N3S+. The molecule has 0 fully saturated rings. The van der Waals surface area contributed by atoms with Gasteiger partial charge in [0.2, 0.25) is 0 Å². The smallest absolute Gasteiger partial charge is 0.179 e. The number of pyridine rings is 1. The van der Waals surface area contributed by atoms with Crippen molar-refractivity contribution in [2.75, 3.05) is 32.6 Å². The molecule has 0 atom stereocenters. The third-order valence-corrected chi connectivity index (χ3v) is 5.60. The van der Waals surface area contributed by atoms with Crippen molar-refractivity contribution in [3.63, 3.8) is 0 Å². The Morgan fingerprint density at radius 3 is 2.42 bits per heavy atom. The van der Waals surface area contributed by atoms with Crippen molar-refractivity contribution >= 4 is 23.5 Å². The van der Waals surface area contributed by atoms with Crippen LogP contribution in [0.2, 0.25) is 0 Å². The Kier molecular flexibility index (Phi) is 4.97. The molecule has 3 nitrogen and oxygen atoms in total. The van der Waals surface area contributed by atoms with Crippen molar-refractivity contribution in [1.29, 1.82) is 0 Å². The number of rotatable bonds is 4. The molecule has 0 amide bonds. The summed E-state index contributed by atoms with van der Waals surface area (Å²) in [6.07, 6.45) is 2.29. The third kappa shape index (κ3) is 3.50. The van der Waals surface area contributed by atoms with Gasteiger partial charge >= 0.3 is 0 Å². The Balaban J connectivity index is 1.86. The van der Waals surface area contributed by atoms with Gasteiger partial charge in [0.25, 0.3) is 0 Å². The zero-order valence-electron chi connectivity index (χ0n) is 15.2. The first-order chi connectivity index (χ1) is 11.5. The van der Waals surface area contributed by atoms with Crippen LogP contribution in [0.1, 0.15) is 17.0 Å². The van der Waals surface area contributed by atoms with Crippen LogP contribution in [0.4, 0.5) is 5.69 Å². The summed E-state index contributed by atoms with van der Waals surface area (Å²) >= 11 is 1.84. The molecule has 0 aliphatic carbocycles. The molecule has 0 saturated heterocycles. The van der Waals surface area contributed by atoms with Crippen LogP contribution in [0, 0.1) is 13.8 Å². The molecule has 0 saturated carbocycles. The van der Waals surface area contributed by atoms with E-state index >= 15 is 0 Å². The third-order valence-electron chi connectivity index (χ3n) is 4.44. The maximum Gasteiger partial charge on any atom is 0.179 e. The fourth-order valence-corrected chi connectivity index (χ4v) is 4.20. The first kappa shape index (κ1) is 17.1. The van der Waals surface area contributed by atoms with Crippen LogP contribution in [0.5, 0.6) is 0 Å². The summed E-state index contributed by atoms with van der Waals surface area (Å²) in [6, 6.07) is 13.1. The van der Waals surface area contributed by atoms with E-state index in [1.54, 1.807) is 0 Å². The second-order valence-corrected chi connectivity index (χ2v) is 7.70. The van der Waals surface area contributed by atoms with Crippen molar-refractivity contribution in [2.45, 2.75) is 25.3 Å². The average molecular weight is 341 g/mol. The van der Waals surface area contributed by atoms with Crippen LogP contribution in [0.3, 0.4) is 0 Å². The summed E-state index contributed by atoms with van der Waals surface area (Å²) in [5, 5.41) is 1.28. The number of aromatic nitrogens is 1. The molecule has 2 aromatic rings. The molecule has 0 radical (unpaired) electrons. The minimum absolute atomic E-state index is 1.03. The maximum absolute atomic E-state index is 2.39. The lowest BCUT2D eigenvalue weighted by Crippen LogP contribution is -2.44. The van der Waals surface area contributed by atoms with E-state index < -0.39 is 0 Å². The predicted molar refractivity (Wildman–Crippen MR) is 103 cm³/mol. The number of benzene rings is 1. The van der Waals surface area contributed by atoms with Crippen LogP contribution >= 0.6 is 11.8 Å². The molecule has 1 aliphatic rings. The van der Waals surface area contributed by atoms with Gasteiger partial charge in [-0.15, -0.1) is 0 Å². The molecule has 0 bridgehead atoms. The van der Waals surface area contributed by atoms with E-state index in [4.69, 9.17) is 0 Å². The normalized spacial score (nSPS) is 15.4. The molecule has 3 rings (SSSR count). The maximum atomic E-state index is 2.39. The minimum Gasteiger partial charge on any atom is -0.338 e. The van der Waals surface area contributed by atoms with E-state index in [0.29, 0.717) is 0 Å². The number of likely N-dealkylation sites (N-methyl/N-ethyl adjacent to an activating group) is 1. The highest BCUT2D eigenvalue weighted by Crippen LogP contribution is 2.45. The standard InChI is InChI=1S/C20H26N3S/c1-15-12-17(13-16(2)23(15)11-10-21(3)4)14-20-22(5)18-8-6-7-9-19(18)24-20/h6-9,12-14H,10-11H2,1-5H3/q+1. The van der Waals surface area contributed by atoms with Crippen molar-refractivity contribution < 1.29 is 4.57 Å². The van der Waals surface area contributed by atoms with Crippen LogP contribution < -0.4 is 9.47 Å². The molecule has 0 unspecified atom stereocenters. The largest absolute Gasteiger partial charge is 0.338 e. The summed E-state index contributed by atoms with van der Waals surface area (Å²) in [5.74, 6) is 0. The second kappa shape index (κ2) is 6.99. The molecule has 1 aromatic carbocycles. The fraction of sp³-hybridized carbons (Fsp3) is 0.350. The Morgan fingerprint density at radius 1 is 1.12 bits per heavy atom. The van der Waals surface area contributed by atoms with Crippen molar-refractivity contribution in [3.05, 3.63) is 58.4 Å². The highest BCUT2D eigenvalue weighted by molar-refractivity contribution is 8.03. The molecular weight excluding hydrogens is 314 g/mol. The molecule has 1 aromatic heterocycles. The van der Waals surface area contributed by atoms with Crippen LogP contribution in [0.15, 0.2) is 46.3 Å². The lowest BCUT2D eigenvalue weighted by atomic mass is 10.1. The van der Waals surface area contributed by atoms with Gasteiger partial charge in [0, 0.05) is 37.9 Å². The van der Waals surface area contributed by atoms with Gasteiger partial charge < -0.3 is 9.80 Å². The quantitative estimate of drug-likeness (QED) is 0.786. The predicted octanol–water partition coefficient (Wildman–Crippen LogP) is 3.69. The van der Waals surface area contributed by atoms with E-state index in [-0.39, 0.29) is 0 Å². The van der Waals surface area contributed by atoms with Gasteiger partial charge in [0.1, 0.15) is 0 Å². The van der Waals surface area contributed by atoms with E-state index in [0.717, 1.165) is 13.1 Å². The first-order valence-corrected chi connectivity index (χ1v) is 9.15. The van der Waals surface area contributed by atoms with E-state index in [2.05, 4.69) is 91.8 Å². The molecule has 24 heavy (non-hydrogen) atoms. The van der Waals surface area contributed by atoms with Gasteiger partial charge in [0.05, 0.1) is 17.3 Å². The number of para-hydroxylation sites is 1. The fourth-order valence-electron chi connectivity index (χ4n) is 3.08. The molecule has 0 spiro atoms. The molecule has 126 valence electrons. The summed E-state index contributed by atoms with van der Waals surface area (Å²) in [6.45, 7) is 6.48. The topological polar surface area (TPSA) is 10.4 Å². The number of fused-ring (bicyclic) bond motifs is 1. The van der Waals surface area contributed by atoms with E-state index in [1.165, 1.54) is 32.6 Å². The Labute approximate surface area is 149 Å². The SMILES string of the molecule is Cc1cc(/C=C2/Sc3ccccc3N2C)cc(C)[n+]1CCN(C)C. The highest BCUT2D eigenvalue weighted by atomic mass is 32.2. The Bertz CT molecular complexity index is 757. The van der Waals surface area contributed by atoms with Crippen LogP contribution in [-0.4, -0.2) is 32.6 Å². The van der Waals surface area contributed by atoms with Gasteiger partial charge in [-0.05, 0) is 37.9 Å². The molecule has 4 heteroatoms. The van der Waals surface area contributed by atoms with Crippen LogP contribution in [0.25, 0.3) is 6.08 Å². The zero-order chi connectivity index (χ0) is 17.3. The summed E-state index contributed by atoms with van der Waals surface area (Å²) in [7, 11) is 6.38. The van der Waals surface area contributed by atoms with Gasteiger partial charge in [-0.3, -0.25) is 0 Å². The Morgan fingerprint density at radius 2 is 1.79 bits per heavy atom. The Hall–Kier alpha value is -1.78. The lowest BCUT2D eigenvalue weighted by molar-refractivity contribution is -0.707. The van der Waals surface area contributed by atoms with Gasteiger partial charge in [-0.2, -0.15) is 4.57 Å². The number of thioether (sulfide) groups is 1. The summed E-state index contributed by atoms with van der Waals surface area (Å²) in [5.41, 5.74) is 5.19. The van der Waals surface area contributed by atoms with Crippen LogP contribution in [-0.2, 0) is 6.54 Å². The molecule has 2 heterocycles.